The number of hydrogen-bond donors (Lipinski definition) is 1. The van der Waals surface area contributed by atoms with Crippen molar-refractivity contribution in [3.05, 3.63) is 24.3 Å². The maximum Gasteiger partial charge on any atom is 0.115 e. The molecule has 0 saturated heterocycles. The van der Waals surface area contributed by atoms with E-state index in [2.05, 4.69) is 21.9 Å². The van der Waals surface area contributed by atoms with Crippen molar-refractivity contribution in [2.24, 2.45) is 5.73 Å². The van der Waals surface area contributed by atoms with Crippen LogP contribution in [0.5, 0.6) is 0 Å². The van der Waals surface area contributed by atoms with E-state index in [-0.39, 0.29) is 6.04 Å². The first-order chi connectivity index (χ1) is 8.83. The fraction of sp³-hybridized carbons (Fsp3) is 0.714. The molecule has 2 N–H and O–H groups in total. The lowest BCUT2D eigenvalue weighted by molar-refractivity contribution is 0.158. The summed E-state index contributed by atoms with van der Waals surface area (Å²) in [7, 11) is 2.19. The van der Waals surface area contributed by atoms with E-state index in [0.29, 0.717) is 12.6 Å². The minimum absolute atomic E-state index is 0.219. The van der Waals surface area contributed by atoms with Crippen LogP contribution in [0.2, 0.25) is 0 Å². The lowest BCUT2D eigenvalue weighted by Crippen LogP contribution is -2.38. The van der Waals surface area contributed by atoms with E-state index in [0.717, 1.165) is 5.69 Å². The zero-order valence-electron chi connectivity index (χ0n) is 11.3. The van der Waals surface area contributed by atoms with Gasteiger partial charge in [-0.1, -0.05) is 25.7 Å². The predicted molar refractivity (Wildman–Crippen MR) is 73.1 cm³/mol. The number of nitrogens with two attached hydrogens (primary N) is 1. The van der Waals surface area contributed by atoms with Crippen molar-refractivity contribution in [3.63, 3.8) is 0 Å². The molecule has 2 rings (SSSR count). The fourth-order valence-corrected chi connectivity index (χ4v) is 2.91. The lowest BCUT2D eigenvalue weighted by atomic mass is 10.0. The van der Waals surface area contributed by atoms with Gasteiger partial charge in [0.05, 0.1) is 11.7 Å². The molecule has 100 valence electrons. The normalized spacial score (nSPS) is 19.7. The zero-order chi connectivity index (χ0) is 12.8. The minimum atomic E-state index is 0.219. The van der Waals surface area contributed by atoms with E-state index in [1.807, 2.05) is 6.07 Å². The highest BCUT2D eigenvalue weighted by molar-refractivity contribution is 5.06. The van der Waals surface area contributed by atoms with Crippen molar-refractivity contribution in [2.75, 3.05) is 13.6 Å². The van der Waals surface area contributed by atoms with Gasteiger partial charge >= 0.3 is 0 Å². The van der Waals surface area contributed by atoms with Crippen molar-refractivity contribution in [3.8, 4) is 0 Å². The molecule has 1 aromatic rings. The van der Waals surface area contributed by atoms with Crippen LogP contribution >= 0.6 is 0 Å². The molecule has 1 aliphatic rings. The second kappa shape index (κ2) is 6.81. The molecule has 1 saturated carbocycles. The topological polar surface area (TPSA) is 55.0 Å². The van der Waals surface area contributed by atoms with Gasteiger partial charge in [-0.2, -0.15) is 0 Å². The molecule has 1 fully saturated rings. The Labute approximate surface area is 110 Å². The molecule has 0 aromatic carbocycles. The van der Waals surface area contributed by atoms with Crippen LogP contribution in [-0.4, -0.2) is 34.5 Å². The Morgan fingerprint density at radius 1 is 1.33 bits per heavy atom. The summed E-state index contributed by atoms with van der Waals surface area (Å²) in [4.78, 5) is 10.8. The molecular weight excluding hydrogens is 224 g/mol. The summed E-state index contributed by atoms with van der Waals surface area (Å²) in [5.74, 6) is 0. The number of nitrogens with zero attached hydrogens (tertiary/aromatic N) is 3. The molecule has 0 spiro atoms. The summed E-state index contributed by atoms with van der Waals surface area (Å²) in [6.45, 7) is 0.615. The van der Waals surface area contributed by atoms with E-state index in [9.17, 15) is 0 Å². The number of likely N-dealkylation sites (N-methyl/N-ethyl adjacent to an activating group) is 1. The van der Waals surface area contributed by atoms with Crippen molar-refractivity contribution in [1.29, 1.82) is 0 Å². The van der Waals surface area contributed by atoms with Gasteiger partial charge < -0.3 is 5.73 Å². The third kappa shape index (κ3) is 3.27. The molecule has 1 atom stereocenters. The smallest absolute Gasteiger partial charge is 0.115 e. The van der Waals surface area contributed by atoms with E-state index in [1.165, 1.54) is 38.5 Å². The van der Waals surface area contributed by atoms with Gasteiger partial charge in [-0.05, 0) is 26.0 Å². The SMILES string of the molecule is CN(C1CCCCCC1)C(CN)c1ccncn1. The third-order valence-electron chi connectivity index (χ3n) is 4.06. The quantitative estimate of drug-likeness (QED) is 0.829. The lowest BCUT2D eigenvalue weighted by Gasteiger charge is -2.33. The van der Waals surface area contributed by atoms with Gasteiger partial charge in [0.1, 0.15) is 6.33 Å². The molecule has 4 heteroatoms. The first-order valence-corrected chi connectivity index (χ1v) is 7.01. The van der Waals surface area contributed by atoms with Gasteiger partial charge in [-0.15, -0.1) is 0 Å². The Hall–Kier alpha value is -1.00. The third-order valence-corrected chi connectivity index (χ3v) is 4.06. The molecule has 4 nitrogen and oxygen atoms in total. The first-order valence-electron chi connectivity index (χ1n) is 7.01. The summed E-state index contributed by atoms with van der Waals surface area (Å²) in [6, 6.07) is 2.84. The van der Waals surface area contributed by atoms with Gasteiger partial charge in [-0.25, -0.2) is 9.97 Å². The predicted octanol–water partition coefficient (Wildman–Crippen LogP) is 2.13. The Kier molecular flexibility index (Phi) is 5.08. The monoisotopic (exact) mass is 248 g/mol. The molecule has 1 aliphatic carbocycles. The van der Waals surface area contributed by atoms with Crippen LogP contribution in [0.3, 0.4) is 0 Å². The van der Waals surface area contributed by atoms with E-state index in [4.69, 9.17) is 5.73 Å². The second-order valence-corrected chi connectivity index (χ2v) is 5.20. The molecule has 0 bridgehead atoms. The zero-order valence-corrected chi connectivity index (χ0v) is 11.3. The van der Waals surface area contributed by atoms with Crippen LogP contribution in [0.15, 0.2) is 18.6 Å². The van der Waals surface area contributed by atoms with Gasteiger partial charge in [0.25, 0.3) is 0 Å². The highest BCUT2D eigenvalue weighted by Crippen LogP contribution is 2.26. The Bertz CT molecular complexity index is 333. The molecular formula is C14H24N4. The van der Waals surface area contributed by atoms with Crippen LogP contribution < -0.4 is 5.73 Å². The van der Waals surface area contributed by atoms with Crippen LogP contribution in [-0.2, 0) is 0 Å². The minimum Gasteiger partial charge on any atom is -0.329 e. The summed E-state index contributed by atoms with van der Waals surface area (Å²) in [5, 5.41) is 0. The number of rotatable bonds is 4. The van der Waals surface area contributed by atoms with Crippen LogP contribution in [0.25, 0.3) is 0 Å². The standard InChI is InChI=1S/C14H24N4/c1-18(12-6-4-2-3-5-7-12)14(10-15)13-8-9-16-11-17-13/h8-9,11-12,14H,2-7,10,15H2,1H3. The summed E-state index contributed by atoms with van der Waals surface area (Å²) >= 11 is 0. The van der Waals surface area contributed by atoms with Crippen LogP contribution in [0.1, 0.15) is 50.3 Å². The summed E-state index contributed by atoms with van der Waals surface area (Å²) < 4.78 is 0. The first kappa shape index (κ1) is 13.4. The maximum atomic E-state index is 5.95. The van der Waals surface area contributed by atoms with Crippen molar-refractivity contribution in [2.45, 2.75) is 50.6 Å². The molecule has 1 unspecified atom stereocenters. The maximum absolute atomic E-state index is 5.95. The Morgan fingerprint density at radius 2 is 2.06 bits per heavy atom. The summed E-state index contributed by atoms with van der Waals surface area (Å²) in [5.41, 5.74) is 6.99. The molecule has 1 aromatic heterocycles. The van der Waals surface area contributed by atoms with Gasteiger partial charge in [0, 0.05) is 18.8 Å². The Balaban J connectivity index is 2.06. The molecule has 18 heavy (non-hydrogen) atoms. The van der Waals surface area contributed by atoms with E-state index >= 15 is 0 Å². The fourth-order valence-electron chi connectivity index (χ4n) is 2.91. The molecule has 0 radical (unpaired) electrons. The molecule has 1 heterocycles. The number of aromatic nitrogens is 2. The van der Waals surface area contributed by atoms with E-state index in [1.54, 1.807) is 12.5 Å². The largest absolute Gasteiger partial charge is 0.329 e. The Morgan fingerprint density at radius 3 is 2.61 bits per heavy atom. The van der Waals surface area contributed by atoms with Crippen molar-refractivity contribution in [1.82, 2.24) is 14.9 Å². The van der Waals surface area contributed by atoms with Crippen LogP contribution in [0.4, 0.5) is 0 Å². The number of hydrogen-bond acceptors (Lipinski definition) is 4. The molecule has 0 amide bonds. The second-order valence-electron chi connectivity index (χ2n) is 5.20. The van der Waals surface area contributed by atoms with Gasteiger partial charge in [0.2, 0.25) is 0 Å². The highest BCUT2D eigenvalue weighted by atomic mass is 15.2. The molecule has 0 aliphatic heterocycles. The van der Waals surface area contributed by atoms with Crippen molar-refractivity contribution < 1.29 is 0 Å². The van der Waals surface area contributed by atoms with Crippen LogP contribution in [0, 0.1) is 0 Å². The van der Waals surface area contributed by atoms with Gasteiger partial charge in [-0.3, -0.25) is 4.90 Å². The average Bonchev–Trinajstić information content (AvgIpc) is 2.69. The van der Waals surface area contributed by atoms with Crippen molar-refractivity contribution >= 4 is 0 Å². The highest BCUT2D eigenvalue weighted by Gasteiger charge is 2.24. The summed E-state index contributed by atoms with van der Waals surface area (Å²) in [6.07, 6.45) is 11.4. The average molecular weight is 248 g/mol. The van der Waals surface area contributed by atoms with E-state index < -0.39 is 0 Å². The van der Waals surface area contributed by atoms with Gasteiger partial charge in [0.15, 0.2) is 0 Å².